The van der Waals surface area contributed by atoms with Crippen LogP contribution in [0, 0.1) is 6.92 Å². The highest BCUT2D eigenvalue weighted by Gasteiger charge is 2.17. The van der Waals surface area contributed by atoms with E-state index in [4.69, 9.17) is 0 Å². The topological polar surface area (TPSA) is 82.7 Å². The Morgan fingerprint density at radius 3 is 2.62 bits per heavy atom. The van der Waals surface area contributed by atoms with Crippen molar-refractivity contribution in [3.63, 3.8) is 0 Å². The summed E-state index contributed by atoms with van der Waals surface area (Å²) in [6.45, 7) is 2.24. The van der Waals surface area contributed by atoms with Crippen LogP contribution in [-0.4, -0.2) is 20.4 Å². The molecule has 0 atom stereocenters. The number of hydrogen-bond acceptors (Lipinski definition) is 2. The summed E-state index contributed by atoms with van der Waals surface area (Å²) in [5.41, 5.74) is 3.48. The van der Waals surface area contributed by atoms with Gasteiger partial charge in [-0.25, -0.2) is 4.79 Å². The van der Waals surface area contributed by atoms with Crippen molar-refractivity contribution >= 4 is 22.5 Å². The molecule has 0 spiro atoms. The summed E-state index contributed by atoms with van der Waals surface area (Å²) < 4.78 is 1.44. The number of H-pyrrole nitrogens is 2. The summed E-state index contributed by atoms with van der Waals surface area (Å²) in [5.74, 6) is -0.327. The van der Waals surface area contributed by atoms with E-state index in [2.05, 4.69) is 15.3 Å². The maximum absolute atomic E-state index is 12.8. The van der Waals surface area contributed by atoms with Crippen LogP contribution in [0.1, 0.15) is 21.7 Å². The Hall–Kier alpha value is -3.54. The molecule has 0 saturated heterocycles. The third-order valence-corrected chi connectivity index (χ3v) is 4.42. The molecule has 130 valence electrons. The van der Waals surface area contributed by atoms with E-state index in [-0.39, 0.29) is 11.6 Å². The van der Waals surface area contributed by atoms with Gasteiger partial charge in [0.25, 0.3) is 5.91 Å². The van der Waals surface area contributed by atoms with Crippen molar-refractivity contribution in [1.29, 1.82) is 0 Å². The molecule has 0 unspecified atom stereocenters. The van der Waals surface area contributed by atoms with Gasteiger partial charge in [-0.15, -0.1) is 0 Å². The lowest BCUT2D eigenvalue weighted by atomic mass is 10.2. The van der Waals surface area contributed by atoms with Crippen LogP contribution in [-0.2, 0) is 6.54 Å². The zero-order chi connectivity index (χ0) is 18.1. The Morgan fingerprint density at radius 1 is 1.08 bits per heavy atom. The van der Waals surface area contributed by atoms with Gasteiger partial charge < -0.3 is 15.3 Å². The SMILES string of the molecule is Cc1[nH]c2ccccc2c1NC(=O)c1c[nH]c(=O)n1Cc1ccccc1. The molecular formula is C20H18N4O2. The van der Waals surface area contributed by atoms with Gasteiger partial charge in [0, 0.05) is 22.8 Å². The Morgan fingerprint density at radius 2 is 1.81 bits per heavy atom. The van der Waals surface area contributed by atoms with Gasteiger partial charge in [0.05, 0.1) is 12.2 Å². The van der Waals surface area contributed by atoms with Crippen molar-refractivity contribution in [3.05, 3.63) is 88.2 Å². The normalized spacial score (nSPS) is 11.0. The van der Waals surface area contributed by atoms with Gasteiger partial charge in [0.2, 0.25) is 0 Å². The Labute approximate surface area is 149 Å². The number of nitrogens with one attached hydrogen (secondary N) is 3. The van der Waals surface area contributed by atoms with Gasteiger partial charge in [-0.05, 0) is 18.6 Å². The summed E-state index contributed by atoms with van der Waals surface area (Å²) >= 11 is 0. The van der Waals surface area contributed by atoms with Crippen LogP contribution in [0.15, 0.2) is 65.6 Å². The molecule has 26 heavy (non-hydrogen) atoms. The lowest BCUT2D eigenvalue weighted by molar-refractivity contribution is 0.101. The van der Waals surface area contributed by atoms with Crippen LogP contribution in [0.25, 0.3) is 10.9 Å². The maximum Gasteiger partial charge on any atom is 0.326 e. The van der Waals surface area contributed by atoms with Gasteiger partial charge in [0.15, 0.2) is 0 Å². The third-order valence-electron chi connectivity index (χ3n) is 4.42. The first-order chi connectivity index (χ1) is 12.6. The summed E-state index contributed by atoms with van der Waals surface area (Å²) in [4.78, 5) is 30.8. The van der Waals surface area contributed by atoms with Crippen LogP contribution >= 0.6 is 0 Å². The Bertz CT molecular complexity index is 1140. The predicted molar refractivity (Wildman–Crippen MR) is 102 cm³/mol. The van der Waals surface area contributed by atoms with Crippen LogP contribution in [0.3, 0.4) is 0 Å². The first kappa shape index (κ1) is 16.0. The third kappa shape index (κ3) is 2.82. The van der Waals surface area contributed by atoms with Crippen molar-refractivity contribution < 1.29 is 4.79 Å². The number of carbonyl (C=O) groups excluding carboxylic acids is 1. The molecule has 2 aromatic heterocycles. The zero-order valence-corrected chi connectivity index (χ0v) is 14.2. The number of imidazole rings is 1. The Balaban J connectivity index is 1.67. The number of nitrogens with zero attached hydrogens (tertiary/aromatic N) is 1. The van der Waals surface area contributed by atoms with Crippen LogP contribution < -0.4 is 11.0 Å². The first-order valence-corrected chi connectivity index (χ1v) is 8.34. The quantitative estimate of drug-likeness (QED) is 0.530. The van der Waals surface area contributed by atoms with Gasteiger partial charge in [-0.3, -0.25) is 9.36 Å². The van der Waals surface area contributed by atoms with E-state index in [0.29, 0.717) is 12.2 Å². The van der Waals surface area contributed by atoms with Crippen molar-refractivity contribution in [2.45, 2.75) is 13.5 Å². The molecule has 0 aliphatic heterocycles. The van der Waals surface area contributed by atoms with Gasteiger partial charge in [0.1, 0.15) is 5.69 Å². The molecule has 6 heteroatoms. The minimum Gasteiger partial charge on any atom is -0.357 e. The van der Waals surface area contributed by atoms with Gasteiger partial charge in [-0.2, -0.15) is 0 Å². The molecule has 0 aliphatic rings. The standard InChI is InChI=1S/C20H18N4O2/c1-13-18(15-9-5-6-10-16(15)22-13)23-19(25)17-11-21-20(26)24(17)12-14-7-3-2-4-8-14/h2-11,22H,12H2,1H3,(H,21,26)(H,23,25). The molecule has 3 N–H and O–H groups in total. The zero-order valence-electron chi connectivity index (χ0n) is 14.2. The van der Waals surface area contributed by atoms with Crippen molar-refractivity contribution in [3.8, 4) is 0 Å². The molecular weight excluding hydrogens is 328 g/mol. The number of amides is 1. The average molecular weight is 346 g/mol. The molecule has 1 amide bonds. The minimum absolute atomic E-state index is 0.295. The number of rotatable bonds is 4. The first-order valence-electron chi connectivity index (χ1n) is 8.34. The number of aromatic amines is 2. The van der Waals surface area contributed by atoms with E-state index in [1.54, 1.807) is 0 Å². The maximum atomic E-state index is 12.8. The summed E-state index contributed by atoms with van der Waals surface area (Å²) in [6.07, 6.45) is 1.45. The summed E-state index contributed by atoms with van der Waals surface area (Å²) in [6, 6.07) is 17.3. The molecule has 0 radical (unpaired) electrons. The van der Waals surface area contributed by atoms with Crippen LogP contribution in [0.5, 0.6) is 0 Å². The largest absolute Gasteiger partial charge is 0.357 e. The van der Waals surface area contributed by atoms with Gasteiger partial charge in [-0.1, -0.05) is 48.5 Å². The van der Waals surface area contributed by atoms with Crippen LogP contribution in [0.4, 0.5) is 5.69 Å². The lowest BCUT2D eigenvalue weighted by Crippen LogP contribution is -2.24. The highest BCUT2D eigenvalue weighted by atomic mass is 16.2. The molecule has 4 rings (SSSR count). The van der Waals surface area contributed by atoms with Gasteiger partial charge >= 0.3 is 5.69 Å². The minimum atomic E-state index is -0.327. The number of para-hydroxylation sites is 1. The number of fused-ring (bicyclic) bond motifs is 1. The van der Waals surface area contributed by atoms with E-state index >= 15 is 0 Å². The number of aromatic nitrogens is 3. The highest BCUT2D eigenvalue weighted by molar-refractivity contribution is 6.09. The fourth-order valence-electron chi connectivity index (χ4n) is 3.12. The fraction of sp³-hybridized carbons (Fsp3) is 0.100. The molecule has 0 fully saturated rings. The molecule has 2 aromatic carbocycles. The number of anilines is 1. The molecule has 0 bridgehead atoms. The average Bonchev–Trinajstić information content (AvgIpc) is 3.16. The fourth-order valence-corrected chi connectivity index (χ4v) is 3.12. The number of carbonyl (C=O) groups is 1. The second-order valence-corrected chi connectivity index (χ2v) is 6.18. The second-order valence-electron chi connectivity index (χ2n) is 6.18. The Kier molecular flexibility index (Phi) is 3.93. The van der Waals surface area contributed by atoms with Crippen LogP contribution in [0.2, 0.25) is 0 Å². The molecule has 0 saturated carbocycles. The smallest absolute Gasteiger partial charge is 0.326 e. The van der Waals surface area contributed by atoms with E-state index in [1.807, 2.05) is 61.5 Å². The number of benzene rings is 2. The molecule has 6 nitrogen and oxygen atoms in total. The van der Waals surface area contributed by atoms with E-state index in [1.165, 1.54) is 10.8 Å². The predicted octanol–water partition coefficient (Wildman–Crippen LogP) is 3.27. The highest BCUT2D eigenvalue weighted by Crippen LogP contribution is 2.27. The van der Waals surface area contributed by atoms with Crippen molar-refractivity contribution in [2.75, 3.05) is 5.32 Å². The molecule has 0 aliphatic carbocycles. The summed E-state index contributed by atoms with van der Waals surface area (Å²) in [7, 11) is 0. The summed E-state index contributed by atoms with van der Waals surface area (Å²) in [5, 5.41) is 3.88. The monoisotopic (exact) mass is 346 g/mol. The molecule has 4 aromatic rings. The number of aryl methyl sites for hydroxylation is 1. The van der Waals surface area contributed by atoms with E-state index < -0.39 is 0 Å². The van der Waals surface area contributed by atoms with Crippen molar-refractivity contribution in [1.82, 2.24) is 14.5 Å². The molecule has 2 heterocycles. The second kappa shape index (κ2) is 6.40. The number of hydrogen-bond donors (Lipinski definition) is 3. The van der Waals surface area contributed by atoms with E-state index in [9.17, 15) is 9.59 Å². The lowest BCUT2D eigenvalue weighted by Gasteiger charge is -2.09. The van der Waals surface area contributed by atoms with E-state index in [0.717, 1.165) is 27.8 Å². The van der Waals surface area contributed by atoms with Crippen molar-refractivity contribution in [2.24, 2.45) is 0 Å².